The molecule has 21 heavy (non-hydrogen) atoms. The fourth-order valence-corrected chi connectivity index (χ4v) is 2.73. The fraction of sp³-hybridized carbons (Fsp3) is 0.467. The Morgan fingerprint density at radius 2 is 2.10 bits per heavy atom. The number of likely N-dealkylation sites (tertiary alicyclic amines) is 1. The van der Waals surface area contributed by atoms with E-state index in [9.17, 15) is 14.7 Å². The number of para-hydroxylation sites is 1. The van der Waals surface area contributed by atoms with Crippen LogP contribution in [0, 0.1) is 5.92 Å². The number of carboxylic acids is 1. The Labute approximate surface area is 124 Å². The largest absolute Gasteiger partial charge is 0.480 e. The van der Waals surface area contributed by atoms with Gasteiger partial charge in [-0.05, 0) is 31.0 Å². The molecule has 1 aliphatic heterocycles. The van der Waals surface area contributed by atoms with Crippen molar-refractivity contribution in [1.29, 1.82) is 0 Å². The van der Waals surface area contributed by atoms with Gasteiger partial charge in [0.15, 0.2) is 0 Å². The standard InChI is InChI=1S/C15H21N3O3/c1-10-7-8-18(13(10)14(19)20)15(21)17-12-6-4-3-5-11(12)9-16-2/h3-6,10,13,16H,7-9H2,1-2H3,(H,17,21)(H,19,20). The van der Waals surface area contributed by atoms with E-state index in [1.807, 2.05) is 38.2 Å². The molecular weight excluding hydrogens is 270 g/mol. The molecule has 0 radical (unpaired) electrons. The van der Waals surface area contributed by atoms with E-state index in [1.165, 1.54) is 4.90 Å². The van der Waals surface area contributed by atoms with Crippen LogP contribution in [-0.4, -0.2) is 41.6 Å². The molecule has 0 saturated carbocycles. The molecule has 114 valence electrons. The lowest BCUT2D eigenvalue weighted by atomic mass is 10.0. The van der Waals surface area contributed by atoms with Gasteiger partial charge in [0, 0.05) is 18.8 Å². The van der Waals surface area contributed by atoms with Gasteiger partial charge in [-0.2, -0.15) is 0 Å². The fourth-order valence-electron chi connectivity index (χ4n) is 2.73. The van der Waals surface area contributed by atoms with Gasteiger partial charge in [0.05, 0.1) is 0 Å². The number of hydrogen-bond acceptors (Lipinski definition) is 3. The zero-order valence-corrected chi connectivity index (χ0v) is 12.3. The minimum Gasteiger partial charge on any atom is -0.480 e. The van der Waals surface area contributed by atoms with Gasteiger partial charge >= 0.3 is 12.0 Å². The van der Waals surface area contributed by atoms with Gasteiger partial charge in [-0.3, -0.25) is 0 Å². The average molecular weight is 291 g/mol. The molecule has 6 nitrogen and oxygen atoms in total. The van der Waals surface area contributed by atoms with Crippen LogP contribution in [0.5, 0.6) is 0 Å². The van der Waals surface area contributed by atoms with Crippen molar-refractivity contribution in [3.63, 3.8) is 0 Å². The molecule has 1 aromatic carbocycles. The predicted octanol–water partition coefficient (Wildman–Crippen LogP) is 1.73. The third-order valence-electron chi connectivity index (χ3n) is 3.84. The number of hydrogen-bond donors (Lipinski definition) is 3. The van der Waals surface area contributed by atoms with Crippen LogP contribution >= 0.6 is 0 Å². The normalized spacial score (nSPS) is 21.3. The molecule has 2 rings (SSSR count). The SMILES string of the molecule is CNCc1ccccc1NC(=O)N1CCC(C)C1C(=O)O. The van der Waals surface area contributed by atoms with Crippen LogP contribution in [0.2, 0.25) is 0 Å². The summed E-state index contributed by atoms with van der Waals surface area (Å²) in [5.41, 5.74) is 1.67. The minimum atomic E-state index is -0.946. The topological polar surface area (TPSA) is 81.7 Å². The Hall–Kier alpha value is -2.08. The van der Waals surface area contributed by atoms with Crippen molar-refractivity contribution >= 4 is 17.7 Å². The van der Waals surface area contributed by atoms with Crippen molar-refractivity contribution in [1.82, 2.24) is 10.2 Å². The molecule has 1 aliphatic rings. The molecule has 6 heteroatoms. The van der Waals surface area contributed by atoms with Gasteiger partial charge in [0.1, 0.15) is 6.04 Å². The van der Waals surface area contributed by atoms with E-state index in [2.05, 4.69) is 10.6 Å². The van der Waals surface area contributed by atoms with Crippen molar-refractivity contribution < 1.29 is 14.7 Å². The van der Waals surface area contributed by atoms with Crippen molar-refractivity contribution in [2.45, 2.75) is 25.9 Å². The summed E-state index contributed by atoms with van der Waals surface area (Å²) in [5, 5.41) is 15.1. The first-order chi connectivity index (χ1) is 10.0. The Bertz CT molecular complexity index is 533. The monoisotopic (exact) mass is 291 g/mol. The second kappa shape index (κ2) is 6.58. The van der Waals surface area contributed by atoms with Crippen molar-refractivity contribution in [3.8, 4) is 0 Å². The second-order valence-electron chi connectivity index (χ2n) is 5.36. The minimum absolute atomic E-state index is 0.0270. The smallest absolute Gasteiger partial charge is 0.326 e. The first kappa shape index (κ1) is 15.3. The molecule has 2 unspecified atom stereocenters. The molecule has 0 spiro atoms. The molecule has 2 amide bonds. The number of aliphatic carboxylic acids is 1. The van der Waals surface area contributed by atoms with Crippen LogP contribution in [-0.2, 0) is 11.3 Å². The van der Waals surface area contributed by atoms with Gasteiger partial charge in [0.2, 0.25) is 0 Å². The van der Waals surface area contributed by atoms with Crippen LogP contribution in [0.3, 0.4) is 0 Å². The van der Waals surface area contributed by atoms with Crippen LogP contribution in [0.25, 0.3) is 0 Å². The lowest BCUT2D eigenvalue weighted by Gasteiger charge is -2.24. The first-order valence-electron chi connectivity index (χ1n) is 7.07. The Kier molecular flexibility index (Phi) is 4.80. The third kappa shape index (κ3) is 3.33. The van der Waals surface area contributed by atoms with Gasteiger partial charge in [-0.1, -0.05) is 25.1 Å². The lowest BCUT2D eigenvalue weighted by Crippen LogP contribution is -2.44. The summed E-state index contributed by atoms with van der Waals surface area (Å²) in [5.74, 6) is -0.973. The van der Waals surface area contributed by atoms with Crippen LogP contribution in [0.4, 0.5) is 10.5 Å². The van der Waals surface area contributed by atoms with Crippen LogP contribution in [0.15, 0.2) is 24.3 Å². The van der Waals surface area contributed by atoms with E-state index in [0.717, 1.165) is 5.56 Å². The van der Waals surface area contributed by atoms with Crippen molar-refractivity contribution in [2.75, 3.05) is 18.9 Å². The van der Waals surface area contributed by atoms with Crippen LogP contribution in [0.1, 0.15) is 18.9 Å². The van der Waals surface area contributed by atoms with E-state index in [4.69, 9.17) is 0 Å². The maximum atomic E-state index is 12.4. The van der Waals surface area contributed by atoms with E-state index < -0.39 is 12.0 Å². The zero-order valence-electron chi connectivity index (χ0n) is 12.3. The van der Waals surface area contributed by atoms with E-state index >= 15 is 0 Å². The summed E-state index contributed by atoms with van der Waals surface area (Å²) in [6, 6.07) is 6.39. The summed E-state index contributed by atoms with van der Waals surface area (Å²) < 4.78 is 0. The highest BCUT2D eigenvalue weighted by molar-refractivity contribution is 5.93. The highest BCUT2D eigenvalue weighted by Gasteiger charge is 2.39. The Morgan fingerprint density at radius 1 is 1.38 bits per heavy atom. The molecule has 1 heterocycles. The van der Waals surface area contributed by atoms with Crippen molar-refractivity contribution in [2.24, 2.45) is 5.92 Å². The molecule has 3 N–H and O–H groups in total. The first-order valence-corrected chi connectivity index (χ1v) is 7.07. The molecular formula is C15H21N3O3. The number of carbonyl (C=O) groups excluding carboxylic acids is 1. The third-order valence-corrected chi connectivity index (χ3v) is 3.84. The van der Waals surface area contributed by atoms with Gasteiger partial charge in [-0.25, -0.2) is 9.59 Å². The Morgan fingerprint density at radius 3 is 2.76 bits per heavy atom. The number of benzene rings is 1. The molecule has 1 fully saturated rings. The number of carboxylic acid groups (broad SMARTS) is 1. The number of anilines is 1. The summed E-state index contributed by atoms with van der Waals surface area (Å²) in [6.07, 6.45) is 0.711. The molecule has 1 aromatic rings. The van der Waals surface area contributed by atoms with Gasteiger partial charge in [0.25, 0.3) is 0 Å². The van der Waals surface area contributed by atoms with E-state index in [-0.39, 0.29) is 11.9 Å². The number of nitrogens with one attached hydrogen (secondary N) is 2. The summed E-state index contributed by atoms with van der Waals surface area (Å²) in [6.45, 7) is 2.97. The molecule has 2 atom stereocenters. The summed E-state index contributed by atoms with van der Waals surface area (Å²) >= 11 is 0. The summed E-state index contributed by atoms with van der Waals surface area (Å²) in [4.78, 5) is 25.1. The lowest BCUT2D eigenvalue weighted by molar-refractivity contribution is -0.142. The number of carbonyl (C=O) groups is 2. The maximum Gasteiger partial charge on any atom is 0.326 e. The van der Waals surface area contributed by atoms with Gasteiger partial charge < -0.3 is 20.6 Å². The van der Waals surface area contributed by atoms with Crippen molar-refractivity contribution in [3.05, 3.63) is 29.8 Å². The summed E-state index contributed by atoms with van der Waals surface area (Å²) in [7, 11) is 1.83. The molecule has 0 aromatic heterocycles. The Balaban J connectivity index is 2.13. The van der Waals surface area contributed by atoms with Gasteiger partial charge in [-0.15, -0.1) is 0 Å². The number of nitrogens with zero attached hydrogens (tertiary/aromatic N) is 1. The molecule has 0 bridgehead atoms. The number of urea groups is 1. The highest BCUT2D eigenvalue weighted by Crippen LogP contribution is 2.25. The number of rotatable bonds is 4. The number of amides is 2. The van der Waals surface area contributed by atoms with E-state index in [1.54, 1.807) is 0 Å². The average Bonchev–Trinajstić information content (AvgIpc) is 2.83. The molecule has 0 aliphatic carbocycles. The molecule has 1 saturated heterocycles. The zero-order chi connectivity index (χ0) is 15.4. The predicted molar refractivity (Wildman–Crippen MR) is 80.1 cm³/mol. The second-order valence-corrected chi connectivity index (χ2v) is 5.36. The van der Waals surface area contributed by atoms with Crippen LogP contribution < -0.4 is 10.6 Å². The quantitative estimate of drug-likeness (QED) is 0.789. The highest BCUT2D eigenvalue weighted by atomic mass is 16.4. The maximum absolute atomic E-state index is 12.4. The van der Waals surface area contributed by atoms with E-state index in [0.29, 0.717) is 25.2 Å².